The van der Waals surface area contributed by atoms with Gasteiger partial charge < -0.3 is 15.4 Å². The summed E-state index contributed by atoms with van der Waals surface area (Å²) in [7, 11) is 0. The lowest BCUT2D eigenvalue weighted by Gasteiger charge is -2.17. The average molecular weight is 375 g/mol. The Balaban J connectivity index is 1.72. The van der Waals surface area contributed by atoms with Crippen LogP contribution in [0.3, 0.4) is 0 Å². The van der Waals surface area contributed by atoms with E-state index in [1.54, 1.807) is 0 Å². The normalized spacial score (nSPS) is 11.6. The van der Waals surface area contributed by atoms with Crippen LogP contribution in [0.1, 0.15) is 24.1 Å². The minimum atomic E-state index is -0.320. The number of nitrogens with two attached hydrogens (primary N) is 1. The van der Waals surface area contributed by atoms with E-state index < -0.39 is 0 Å². The number of para-hydroxylation sites is 2. The number of ether oxygens (including phenoxy) is 1. The largest absolute Gasteiger partial charge is 0.492 e. The third-order valence-electron chi connectivity index (χ3n) is 4.56. The molecule has 0 fully saturated rings. The summed E-state index contributed by atoms with van der Waals surface area (Å²) < 4.78 is 5.64. The number of carbonyl (C=O) groups is 1. The first-order valence-electron chi connectivity index (χ1n) is 9.73. The molecule has 4 heteroatoms. The van der Waals surface area contributed by atoms with Crippen molar-refractivity contribution in [2.24, 2.45) is 0 Å². The second kappa shape index (κ2) is 10.3. The first-order valence-corrected chi connectivity index (χ1v) is 9.73. The molecule has 1 amide bonds. The van der Waals surface area contributed by atoms with Crippen LogP contribution in [0, 0.1) is 0 Å². The Morgan fingerprint density at radius 1 is 0.929 bits per heavy atom. The molecule has 0 radical (unpaired) electrons. The summed E-state index contributed by atoms with van der Waals surface area (Å²) in [6.07, 6.45) is 0.910. The Bertz CT molecular complexity index is 866. The molecule has 0 aliphatic heterocycles. The topological polar surface area (TPSA) is 54.9 Å². The number of benzene rings is 3. The zero-order chi connectivity index (χ0) is 19.6. The number of hydrogen-bond acceptors (Lipinski definition) is 2. The summed E-state index contributed by atoms with van der Waals surface area (Å²) in [5.41, 5.74) is 2.96. The molecule has 3 aromatic carbocycles. The lowest BCUT2D eigenvalue weighted by Crippen LogP contribution is -2.87. The molecule has 0 heterocycles. The van der Waals surface area contributed by atoms with Gasteiger partial charge in [0.15, 0.2) is 6.04 Å². The number of nitrogens with one attached hydrogen (secondary N) is 1. The molecule has 0 saturated heterocycles. The maximum absolute atomic E-state index is 13.1. The summed E-state index contributed by atoms with van der Waals surface area (Å²) >= 11 is 0. The van der Waals surface area contributed by atoms with E-state index in [4.69, 9.17) is 4.74 Å². The van der Waals surface area contributed by atoms with Gasteiger partial charge in [-0.3, -0.25) is 4.79 Å². The van der Waals surface area contributed by atoms with Gasteiger partial charge in [0.25, 0.3) is 5.91 Å². The quantitative estimate of drug-likeness (QED) is 0.601. The molecule has 0 aromatic heterocycles. The molecule has 3 N–H and O–H groups in total. The molecule has 0 unspecified atom stereocenters. The highest BCUT2D eigenvalue weighted by Gasteiger charge is 2.24. The van der Waals surface area contributed by atoms with E-state index in [1.807, 2.05) is 79.7 Å². The fourth-order valence-electron chi connectivity index (χ4n) is 3.18. The summed E-state index contributed by atoms with van der Waals surface area (Å²) in [5, 5.41) is 5.15. The minimum Gasteiger partial charge on any atom is -0.492 e. The molecule has 28 heavy (non-hydrogen) atoms. The second-order valence-electron chi connectivity index (χ2n) is 6.57. The molecular formula is C24H27N2O2+. The molecule has 1 atom stereocenters. The van der Waals surface area contributed by atoms with Crippen LogP contribution in [-0.2, 0) is 11.2 Å². The Morgan fingerprint density at radius 2 is 1.57 bits per heavy atom. The third kappa shape index (κ3) is 5.44. The Kier molecular flexibility index (Phi) is 7.21. The van der Waals surface area contributed by atoms with E-state index in [0.29, 0.717) is 18.0 Å². The van der Waals surface area contributed by atoms with Gasteiger partial charge in [-0.2, -0.15) is 0 Å². The molecule has 0 spiro atoms. The lowest BCUT2D eigenvalue weighted by molar-refractivity contribution is -0.682. The van der Waals surface area contributed by atoms with Gasteiger partial charge in [-0.05, 0) is 24.6 Å². The van der Waals surface area contributed by atoms with Crippen LogP contribution < -0.4 is 15.4 Å². The summed E-state index contributed by atoms with van der Waals surface area (Å²) in [6.45, 7) is 3.31. The van der Waals surface area contributed by atoms with E-state index in [9.17, 15) is 4.79 Å². The number of carbonyl (C=O) groups excluding carboxylic acids is 1. The van der Waals surface area contributed by atoms with Crippen LogP contribution in [0.5, 0.6) is 5.75 Å². The van der Waals surface area contributed by atoms with Crippen molar-refractivity contribution < 1.29 is 14.8 Å². The molecule has 0 aliphatic carbocycles. The second-order valence-corrected chi connectivity index (χ2v) is 6.57. The highest BCUT2D eigenvalue weighted by molar-refractivity contribution is 5.95. The van der Waals surface area contributed by atoms with Gasteiger partial charge in [-0.25, -0.2) is 0 Å². The van der Waals surface area contributed by atoms with Crippen molar-refractivity contribution >= 4 is 11.6 Å². The van der Waals surface area contributed by atoms with Gasteiger partial charge in [0.1, 0.15) is 5.75 Å². The van der Waals surface area contributed by atoms with Crippen molar-refractivity contribution in [2.75, 3.05) is 18.5 Å². The molecule has 144 valence electrons. The summed E-state index contributed by atoms with van der Waals surface area (Å²) in [6, 6.07) is 27.5. The van der Waals surface area contributed by atoms with Gasteiger partial charge in [0, 0.05) is 12.0 Å². The van der Waals surface area contributed by atoms with Gasteiger partial charge in [-0.15, -0.1) is 0 Å². The SMILES string of the molecule is CCOc1ccccc1NC(=O)[C@H]([NH2+]CCc1ccccc1)c1ccccc1. The van der Waals surface area contributed by atoms with Crippen LogP contribution in [0.2, 0.25) is 0 Å². The predicted molar refractivity (Wildman–Crippen MR) is 112 cm³/mol. The third-order valence-corrected chi connectivity index (χ3v) is 4.56. The van der Waals surface area contributed by atoms with Crippen LogP contribution >= 0.6 is 0 Å². The van der Waals surface area contributed by atoms with Gasteiger partial charge in [0.05, 0.1) is 18.8 Å². The number of rotatable bonds is 9. The molecule has 0 aliphatic rings. The predicted octanol–water partition coefficient (Wildman–Crippen LogP) is 3.57. The van der Waals surface area contributed by atoms with E-state index in [2.05, 4.69) is 22.8 Å². The lowest BCUT2D eigenvalue weighted by atomic mass is 10.1. The fourth-order valence-corrected chi connectivity index (χ4v) is 3.18. The average Bonchev–Trinajstić information content (AvgIpc) is 2.74. The standard InChI is InChI=1S/C24H26N2O2/c1-2-28-22-16-10-9-15-21(22)26-24(27)23(20-13-7-4-8-14-20)25-18-17-19-11-5-3-6-12-19/h3-16,23,25H,2,17-18H2,1H3,(H,26,27)/p+1/t23-/m1/s1. The summed E-state index contributed by atoms with van der Waals surface area (Å²) in [4.78, 5) is 13.1. The summed E-state index contributed by atoms with van der Waals surface area (Å²) in [5.74, 6) is 0.640. The van der Waals surface area contributed by atoms with Crippen LogP contribution in [0.25, 0.3) is 0 Å². The van der Waals surface area contributed by atoms with Gasteiger partial charge in [0.2, 0.25) is 0 Å². The highest BCUT2D eigenvalue weighted by atomic mass is 16.5. The zero-order valence-electron chi connectivity index (χ0n) is 16.2. The van der Waals surface area contributed by atoms with Crippen molar-refractivity contribution in [3.8, 4) is 5.75 Å². The first kappa shape index (κ1) is 19.6. The van der Waals surface area contributed by atoms with Crippen LogP contribution in [-0.4, -0.2) is 19.1 Å². The smallest absolute Gasteiger partial charge is 0.287 e. The van der Waals surface area contributed by atoms with Crippen molar-refractivity contribution in [2.45, 2.75) is 19.4 Å². The van der Waals surface area contributed by atoms with Crippen LogP contribution in [0.15, 0.2) is 84.9 Å². The van der Waals surface area contributed by atoms with Crippen molar-refractivity contribution in [3.05, 3.63) is 96.1 Å². The van der Waals surface area contributed by atoms with Crippen molar-refractivity contribution in [1.82, 2.24) is 0 Å². The molecule has 3 rings (SSSR count). The molecule has 0 bridgehead atoms. The monoisotopic (exact) mass is 375 g/mol. The van der Waals surface area contributed by atoms with Gasteiger partial charge >= 0.3 is 0 Å². The fraction of sp³-hybridized carbons (Fsp3) is 0.208. The molecule has 0 saturated carbocycles. The molecular weight excluding hydrogens is 348 g/mol. The zero-order valence-corrected chi connectivity index (χ0v) is 16.2. The minimum absolute atomic E-state index is 0.0496. The van der Waals surface area contributed by atoms with E-state index in [1.165, 1.54) is 5.56 Å². The maximum atomic E-state index is 13.1. The Morgan fingerprint density at radius 3 is 2.29 bits per heavy atom. The number of amides is 1. The first-order chi connectivity index (χ1) is 13.8. The van der Waals surface area contributed by atoms with E-state index >= 15 is 0 Å². The van der Waals surface area contributed by atoms with Crippen molar-refractivity contribution in [1.29, 1.82) is 0 Å². The molecule has 4 nitrogen and oxygen atoms in total. The van der Waals surface area contributed by atoms with Crippen LogP contribution in [0.4, 0.5) is 5.69 Å². The number of quaternary nitrogens is 1. The highest BCUT2D eigenvalue weighted by Crippen LogP contribution is 2.24. The Labute approximate surface area is 166 Å². The van der Waals surface area contributed by atoms with Gasteiger partial charge in [-0.1, -0.05) is 72.8 Å². The number of hydrogen-bond donors (Lipinski definition) is 2. The maximum Gasteiger partial charge on any atom is 0.287 e. The Hall–Kier alpha value is -3.11. The van der Waals surface area contributed by atoms with E-state index in [0.717, 1.165) is 18.5 Å². The molecule has 3 aromatic rings. The van der Waals surface area contributed by atoms with Crippen molar-refractivity contribution in [3.63, 3.8) is 0 Å². The number of anilines is 1. The van der Waals surface area contributed by atoms with E-state index in [-0.39, 0.29) is 11.9 Å².